The fourth-order valence-electron chi connectivity index (χ4n) is 1.60. The van der Waals surface area contributed by atoms with Crippen molar-refractivity contribution in [1.82, 2.24) is 0 Å². The molecule has 0 aliphatic carbocycles. The van der Waals surface area contributed by atoms with Gasteiger partial charge in [-0.2, -0.15) is 0 Å². The third-order valence-electron chi connectivity index (χ3n) is 2.68. The lowest BCUT2D eigenvalue weighted by Crippen LogP contribution is -2.30. The lowest BCUT2D eigenvalue weighted by molar-refractivity contribution is -0.122. The lowest BCUT2D eigenvalue weighted by Gasteiger charge is -2.15. The molecule has 0 aliphatic heterocycles. The minimum atomic E-state index is -0.715. The Bertz CT molecular complexity index is 649. The number of hydrogen-bond acceptors (Lipinski definition) is 2. The number of carbonyl (C=O) groups excluding carboxylic acids is 1. The third-order valence-corrected chi connectivity index (χ3v) is 3.53. The molecule has 0 heterocycles. The SMILES string of the molecule is CC(Oc1ccc(Br)cc1)C(=O)Nc1ccc(F)cc1Cl. The molecule has 2 aromatic rings. The monoisotopic (exact) mass is 371 g/mol. The van der Waals surface area contributed by atoms with Crippen molar-refractivity contribution in [3.8, 4) is 5.75 Å². The first kappa shape index (κ1) is 15.8. The fraction of sp³-hybridized carbons (Fsp3) is 0.133. The van der Waals surface area contributed by atoms with Gasteiger partial charge in [-0.15, -0.1) is 0 Å². The molecule has 0 saturated carbocycles. The van der Waals surface area contributed by atoms with Gasteiger partial charge in [0.05, 0.1) is 10.7 Å². The van der Waals surface area contributed by atoms with E-state index in [1.54, 1.807) is 19.1 Å². The summed E-state index contributed by atoms with van der Waals surface area (Å²) in [5.74, 6) is -0.255. The molecule has 6 heteroatoms. The molecule has 1 unspecified atom stereocenters. The van der Waals surface area contributed by atoms with Crippen LogP contribution in [0.2, 0.25) is 5.02 Å². The van der Waals surface area contributed by atoms with Crippen molar-refractivity contribution in [1.29, 1.82) is 0 Å². The molecule has 2 aromatic carbocycles. The maximum Gasteiger partial charge on any atom is 0.265 e. The summed E-state index contributed by atoms with van der Waals surface area (Å²) in [5, 5.41) is 2.74. The molecule has 0 saturated heterocycles. The number of benzene rings is 2. The first-order chi connectivity index (χ1) is 9.95. The zero-order valence-corrected chi connectivity index (χ0v) is 13.4. The highest BCUT2D eigenvalue weighted by Crippen LogP contribution is 2.23. The van der Waals surface area contributed by atoms with E-state index in [1.807, 2.05) is 12.1 Å². The van der Waals surface area contributed by atoms with Crippen LogP contribution in [0.4, 0.5) is 10.1 Å². The highest BCUT2D eigenvalue weighted by molar-refractivity contribution is 9.10. The Labute approximate surface area is 135 Å². The van der Waals surface area contributed by atoms with Crippen molar-refractivity contribution in [2.24, 2.45) is 0 Å². The molecule has 0 aliphatic rings. The smallest absolute Gasteiger partial charge is 0.265 e. The Morgan fingerprint density at radius 2 is 1.95 bits per heavy atom. The van der Waals surface area contributed by atoms with Crippen molar-refractivity contribution < 1.29 is 13.9 Å². The van der Waals surface area contributed by atoms with Gasteiger partial charge in [0.1, 0.15) is 11.6 Å². The maximum atomic E-state index is 12.9. The minimum Gasteiger partial charge on any atom is -0.481 e. The molecule has 0 bridgehead atoms. The Hall–Kier alpha value is -1.59. The van der Waals surface area contributed by atoms with Crippen LogP contribution < -0.4 is 10.1 Å². The summed E-state index contributed by atoms with van der Waals surface area (Å²) < 4.78 is 19.4. The van der Waals surface area contributed by atoms with Gasteiger partial charge in [-0.1, -0.05) is 27.5 Å². The van der Waals surface area contributed by atoms with E-state index < -0.39 is 11.9 Å². The van der Waals surface area contributed by atoms with Crippen LogP contribution in [-0.4, -0.2) is 12.0 Å². The van der Waals surface area contributed by atoms with E-state index in [2.05, 4.69) is 21.2 Å². The van der Waals surface area contributed by atoms with Gasteiger partial charge in [-0.25, -0.2) is 4.39 Å². The molecule has 1 N–H and O–H groups in total. The highest BCUT2D eigenvalue weighted by atomic mass is 79.9. The van der Waals surface area contributed by atoms with Crippen LogP contribution in [0.25, 0.3) is 0 Å². The average Bonchev–Trinajstić information content (AvgIpc) is 2.44. The molecule has 2 rings (SSSR count). The molecular weight excluding hydrogens is 361 g/mol. The van der Waals surface area contributed by atoms with Crippen LogP contribution in [-0.2, 0) is 4.79 Å². The predicted octanol–water partition coefficient (Wildman–Crippen LogP) is 4.65. The molecule has 0 fully saturated rings. The number of hydrogen-bond donors (Lipinski definition) is 1. The topological polar surface area (TPSA) is 38.3 Å². The van der Waals surface area contributed by atoms with Gasteiger partial charge in [0.25, 0.3) is 5.91 Å². The largest absolute Gasteiger partial charge is 0.481 e. The summed E-state index contributed by atoms with van der Waals surface area (Å²) in [6.45, 7) is 1.62. The van der Waals surface area contributed by atoms with Crippen LogP contribution in [0, 0.1) is 5.82 Å². The van der Waals surface area contributed by atoms with E-state index in [4.69, 9.17) is 16.3 Å². The number of anilines is 1. The van der Waals surface area contributed by atoms with Crippen LogP contribution >= 0.6 is 27.5 Å². The Balaban J connectivity index is 2.00. The average molecular weight is 373 g/mol. The molecule has 1 atom stereocenters. The van der Waals surface area contributed by atoms with Gasteiger partial charge in [-0.3, -0.25) is 4.79 Å². The molecule has 0 spiro atoms. The molecule has 3 nitrogen and oxygen atoms in total. The lowest BCUT2D eigenvalue weighted by atomic mass is 10.3. The van der Waals surface area contributed by atoms with Crippen molar-refractivity contribution in [3.63, 3.8) is 0 Å². The predicted molar refractivity (Wildman–Crippen MR) is 84.3 cm³/mol. The van der Waals surface area contributed by atoms with Crippen LogP contribution in [0.15, 0.2) is 46.9 Å². The summed E-state index contributed by atoms with van der Waals surface area (Å²) in [4.78, 5) is 12.0. The van der Waals surface area contributed by atoms with Crippen molar-refractivity contribution >= 4 is 39.1 Å². The second-order valence-electron chi connectivity index (χ2n) is 4.33. The van der Waals surface area contributed by atoms with E-state index in [0.29, 0.717) is 11.4 Å². The first-order valence-electron chi connectivity index (χ1n) is 6.14. The minimum absolute atomic E-state index is 0.138. The third kappa shape index (κ3) is 4.44. The Morgan fingerprint density at radius 1 is 1.29 bits per heavy atom. The van der Waals surface area contributed by atoms with Crippen molar-refractivity contribution in [2.45, 2.75) is 13.0 Å². The number of amides is 1. The van der Waals surface area contributed by atoms with E-state index in [9.17, 15) is 9.18 Å². The summed E-state index contributed by atoms with van der Waals surface area (Å²) in [5.41, 5.74) is 0.342. The quantitative estimate of drug-likeness (QED) is 0.848. The number of nitrogens with one attached hydrogen (secondary N) is 1. The first-order valence-corrected chi connectivity index (χ1v) is 7.31. The molecule has 21 heavy (non-hydrogen) atoms. The molecule has 0 radical (unpaired) electrons. The van der Waals surface area contributed by atoms with E-state index in [1.165, 1.54) is 12.1 Å². The van der Waals surface area contributed by atoms with Crippen LogP contribution in [0.5, 0.6) is 5.75 Å². The van der Waals surface area contributed by atoms with Crippen LogP contribution in [0.1, 0.15) is 6.92 Å². The van der Waals surface area contributed by atoms with E-state index in [-0.39, 0.29) is 10.9 Å². The second-order valence-corrected chi connectivity index (χ2v) is 5.65. The number of halogens is 3. The molecule has 0 aromatic heterocycles. The maximum absolute atomic E-state index is 12.9. The van der Waals surface area contributed by atoms with Gasteiger partial charge in [0, 0.05) is 4.47 Å². The van der Waals surface area contributed by atoms with Crippen molar-refractivity contribution in [3.05, 3.63) is 57.8 Å². The van der Waals surface area contributed by atoms with Gasteiger partial charge in [0.2, 0.25) is 0 Å². The zero-order chi connectivity index (χ0) is 15.4. The highest BCUT2D eigenvalue weighted by Gasteiger charge is 2.16. The van der Waals surface area contributed by atoms with Gasteiger partial charge in [0.15, 0.2) is 6.10 Å². The normalized spacial score (nSPS) is 11.8. The van der Waals surface area contributed by atoms with Gasteiger partial charge in [-0.05, 0) is 49.4 Å². The van der Waals surface area contributed by atoms with Gasteiger partial charge >= 0.3 is 0 Å². The Kier molecular flexibility index (Phi) is 5.20. The van der Waals surface area contributed by atoms with Gasteiger partial charge < -0.3 is 10.1 Å². The zero-order valence-electron chi connectivity index (χ0n) is 11.1. The molecule has 110 valence electrons. The molecule has 1 amide bonds. The number of carbonyl (C=O) groups is 1. The standard InChI is InChI=1S/C15H12BrClFNO2/c1-9(21-12-5-2-10(16)3-6-12)15(20)19-14-7-4-11(18)8-13(14)17/h2-9H,1H3,(H,19,20). The number of ether oxygens (including phenoxy) is 1. The molecular formula is C15H12BrClFNO2. The number of rotatable bonds is 4. The summed E-state index contributed by atoms with van der Waals surface area (Å²) in [6.07, 6.45) is -0.715. The van der Waals surface area contributed by atoms with E-state index >= 15 is 0 Å². The van der Waals surface area contributed by atoms with E-state index in [0.717, 1.165) is 10.5 Å². The fourth-order valence-corrected chi connectivity index (χ4v) is 2.07. The Morgan fingerprint density at radius 3 is 2.57 bits per heavy atom. The summed E-state index contributed by atoms with van der Waals surface area (Å²) in [6, 6.07) is 10.9. The van der Waals surface area contributed by atoms with Crippen LogP contribution in [0.3, 0.4) is 0 Å². The summed E-state index contributed by atoms with van der Waals surface area (Å²) >= 11 is 9.17. The second kappa shape index (κ2) is 6.91. The van der Waals surface area contributed by atoms with Crippen molar-refractivity contribution in [2.75, 3.05) is 5.32 Å². The summed E-state index contributed by atoms with van der Waals surface area (Å²) in [7, 11) is 0.